The van der Waals surface area contributed by atoms with Gasteiger partial charge in [-0.15, -0.1) is 0 Å². The molecule has 9 heteroatoms. The zero-order chi connectivity index (χ0) is 26.7. The summed E-state index contributed by atoms with van der Waals surface area (Å²) in [5.74, 6) is 2.63. The van der Waals surface area contributed by atoms with Crippen LogP contribution in [0.5, 0.6) is 0 Å². The molecule has 1 aliphatic carbocycles. The van der Waals surface area contributed by atoms with Gasteiger partial charge in [-0.05, 0) is 80.3 Å². The number of piperidine rings is 1. The lowest BCUT2D eigenvalue weighted by molar-refractivity contribution is -0.130. The molecule has 39 heavy (non-hydrogen) atoms. The van der Waals surface area contributed by atoms with Gasteiger partial charge >= 0.3 is 0 Å². The number of rotatable bonds is 5. The van der Waals surface area contributed by atoms with E-state index in [-0.39, 0.29) is 17.7 Å². The zero-order valence-corrected chi connectivity index (χ0v) is 21.9. The number of carbonyl (C=O) groups excluding carboxylic acids is 2. The number of nitrogen functional groups attached to an aromatic ring is 1. The standard InChI is InChI=1S/C30H31N7O2/c1-17-14-20(5-8-23(17)30(39)34-24-15-19(10-11-32-24)18-2-3-18)26-27-28(31)33-12-13-36(27)29(35-26)21-4-6-22-7-9-25(38)37(22)16-21/h5,8,10-15,18,21-22H,2-4,6-7,9,16H2,1H3,(H2,31,33)(H,32,34,39)/t21-,22+/m1/s1. The van der Waals surface area contributed by atoms with Crippen LogP contribution in [0.4, 0.5) is 11.6 Å². The van der Waals surface area contributed by atoms with Gasteiger partial charge in [0.15, 0.2) is 0 Å². The number of hydrogen-bond acceptors (Lipinski definition) is 6. The number of imidazole rings is 1. The highest BCUT2D eigenvalue weighted by Gasteiger charge is 2.38. The predicted molar refractivity (Wildman–Crippen MR) is 148 cm³/mol. The summed E-state index contributed by atoms with van der Waals surface area (Å²) in [6, 6.07) is 10.1. The molecule has 1 aromatic carbocycles. The van der Waals surface area contributed by atoms with Crippen molar-refractivity contribution in [3.05, 3.63) is 71.4 Å². The Labute approximate surface area is 226 Å². The van der Waals surface area contributed by atoms with Crippen molar-refractivity contribution in [2.24, 2.45) is 0 Å². The molecule has 0 spiro atoms. The van der Waals surface area contributed by atoms with Crippen LogP contribution in [0.3, 0.4) is 0 Å². The monoisotopic (exact) mass is 521 g/mol. The van der Waals surface area contributed by atoms with Gasteiger partial charge in [0.2, 0.25) is 5.91 Å². The average molecular weight is 522 g/mol. The van der Waals surface area contributed by atoms with Crippen LogP contribution in [0.15, 0.2) is 48.9 Å². The van der Waals surface area contributed by atoms with Crippen molar-refractivity contribution in [3.63, 3.8) is 0 Å². The average Bonchev–Trinajstić information content (AvgIpc) is 3.62. The maximum Gasteiger partial charge on any atom is 0.257 e. The van der Waals surface area contributed by atoms with E-state index in [2.05, 4.69) is 15.3 Å². The summed E-state index contributed by atoms with van der Waals surface area (Å²) in [4.78, 5) is 41.4. The van der Waals surface area contributed by atoms with Crippen LogP contribution >= 0.6 is 0 Å². The van der Waals surface area contributed by atoms with Crippen LogP contribution in [0.2, 0.25) is 0 Å². The first-order valence-electron chi connectivity index (χ1n) is 13.8. The van der Waals surface area contributed by atoms with E-state index in [0.717, 1.165) is 47.4 Å². The van der Waals surface area contributed by atoms with E-state index in [0.29, 0.717) is 42.1 Å². The van der Waals surface area contributed by atoms with E-state index >= 15 is 0 Å². The molecule has 2 amide bonds. The molecule has 0 unspecified atom stereocenters. The van der Waals surface area contributed by atoms with Gasteiger partial charge in [-0.3, -0.25) is 14.0 Å². The van der Waals surface area contributed by atoms with Crippen molar-refractivity contribution >= 4 is 29.0 Å². The van der Waals surface area contributed by atoms with Gasteiger partial charge in [0.05, 0.1) is 0 Å². The third-order valence-electron chi connectivity index (χ3n) is 8.51. The van der Waals surface area contributed by atoms with Crippen molar-refractivity contribution in [1.29, 1.82) is 0 Å². The smallest absolute Gasteiger partial charge is 0.257 e. The SMILES string of the molecule is Cc1cc(-c2nc([C@@H]3CC[C@H]4CCC(=O)N4C3)n3ccnc(N)c23)ccc1C(=O)Nc1cc(C2CC2)ccn1. The summed E-state index contributed by atoms with van der Waals surface area (Å²) < 4.78 is 2.03. The Morgan fingerprint density at radius 2 is 1.87 bits per heavy atom. The summed E-state index contributed by atoms with van der Waals surface area (Å²) >= 11 is 0. The molecule has 3 fully saturated rings. The van der Waals surface area contributed by atoms with E-state index in [9.17, 15) is 9.59 Å². The Morgan fingerprint density at radius 3 is 2.69 bits per heavy atom. The highest BCUT2D eigenvalue weighted by molar-refractivity contribution is 6.05. The first-order chi connectivity index (χ1) is 19.0. The third-order valence-corrected chi connectivity index (χ3v) is 8.51. The van der Waals surface area contributed by atoms with E-state index in [1.54, 1.807) is 12.4 Å². The number of amides is 2. The molecule has 3 N–H and O–H groups in total. The molecule has 4 aromatic rings. The minimum absolute atomic E-state index is 0.122. The first kappa shape index (κ1) is 23.8. The summed E-state index contributed by atoms with van der Waals surface area (Å²) in [5.41, 5.74) is 11.4. The maximum atomic E-state index is 13.1. The van der Waals surface area contributed by atoms with Crippen LogP contribution in [-0.4, -0.2) is 48.7 Å². The Bertz CT molecular complexity index is 1620. The Balaban J connectivity index is 1.20. The fourth-order valence-electron chi connectivity index (χ4n) is 6.29. The van der Waals surface area contributed by atoms with Gasteiger partial charge in [0, 0.05) is 54.6 Å². The molecule has 0 bridgehead atoms. The van der Waals surface area contributed by atoms with Crippen molar-refractivity contribution in [2.45, 2.75) is 63.3 Å². The van der Waals surface area contributed by atoms with E-state index in [1.165, 1.54) is 18.4 Å². The number of aryl methyl sites for hydroxylation is 1. The van der Waals surface area contributed by atoms with Gasteiger partial charge < -0.3 is 16.0 Å². The van der Waals surface area contributed by atoms with E-state index in [4.69, 9.17) is 10.7 Å². The second-order valence-corrected chi connectivity index (χ2v) is 11.1. The van der Waals surface area contributed by atoms with E-state index < -0.39 is 0 Å². The van der Waals surface area contributed by atoms with Gasteiger partial charge in [-0.25, -0.2) is 15.0 Å². The number of nitrogens with two attached hydrogens (primary N) is 1. The van der Waals surface area contributed by atoms with Gasteiger partial charge in [0.1, 0.15) is 28.7 Å². The fourth-order valence-corrected chi connectivity index (χ4v) is 6.29. The quantitative estimate of drug-likeness (QED) is 0.394. The van der Waals surface area contributed by atoms with Crippen LogP contribution in [0, 0.1) is 6.92 Å². The Morgan fingerprint density at radius 1 is 1.03 bits per heavy atom. The van der Waals surface area contributed by atoms with Crippen LogP contribution in [-0.2, 0) is 4.79 Å². The molecule has 0 radical (unpaired) electrons. The van der Waals surface area contributed by atoms with Crippen LogP contribution < -0.4 is 11.1 Å². The lowest BCUT2D eigenvalue weighted by atomic mass is 9.92. The normalized spacial score (nSPS) is 20.8. The Hall–Kier alpha value is -4.27. The van der Waals surface area contributed by atoms with Crippen molar-refractivity contribution < 1.29 is 9.59 Å². The second-order valence-electron chi connectivity index (χ2n) is 11.1. The van der Waals surface area contributed by atoms with Crippen molar-refractivity contribution in [3.8, 4) is 11.3 Å². The van der Waals surface area contributed by atoms with Gasteiger partial charge in [-0.2, -0.15) is 0 Å². The number of aromatic nitrogens is 4. The molecule has 1 saturated carbocycles. The maximum absolute atomic E-state index is 13.1. The molecular formula is C30H31N7O2. The summed E-state index contributed by atoms with van der Waals surface area (Å²) in [5, 5.41) is 2.96. The van der Waals surface area contributed by atoms with Crippen LogP contribution in [0.1, 0.15) is 77.7 Å². The minimum Gasteiger partial charge on any atom is -0.382 e. The molecule has 9 nitrogen and oxygen atoms in total. The number of nitrogens with zero attached hydrogens (tertiary/aromatic N) is 5. The summed E-state index contributed by atoms with van der Waals surface area (Å²) in [6.07, 6.45) is 11.3. The van der Waals surface area contributed by atoms with E-state index in [1.807, 2.05) is 52.8 Å². The topological polar surface area (TPSA) is 119 Å². The number of pyridine rings is 1. The first-order valence-corrected chi connectivity index (χ1v) is 13.8. The lowest BCUT2D eigenvalue weighted by Gasteiger charge is -2.34. The largest absolute Gasteiger partial charge is 0.382 e. The molecule has 3 aliphatic rings. The summed E-state index contributed by atoms with van der Waals surface area (Å²) in [6.45, 7) is 2.60. The number of fused-ring (bicyclic) bond motifs is 2. The number of anilines is 2. The molecule has 7 rings (SSSR count). The van der Waals surface area contributed by atoms with Gasteiger partial charge in [-0.1, -0.05) is 6.07 Å². The molecule has 198 valence electrons. The fraction of sp³-hybridized carbons (Fsp3) is 0.367. The van der Waals surface area contributed by atoms with Gasteiger partial charge in [0.25, 0.3) is 5.91 Å². The zero-order valence-electron chi connectivity index (χ0n) is 21.9. The number of benzene rings is 1. The lowest BCUT2D eigenvalue weighted by Crippen LogP contribution is -2.41. The predicted octanol–water partition coefficient (Wildman–Crippen LogP) is 4.68. The van der Waals surface area contributed by atoms with Crippen molar-refractivity contribution in [1.82, 2.24) is 24.3 Å². The third kappa shape index (κ3) is 4.22. The second kappa shape index (κ2) is 9.18. The molecule has 2 saturated heterocycles. The number of nitrogens with one attached hydrogen (secondary N) is 1. The molecule has 2 aliphatic heterocycles. The highest BCUT2D eigenvalue weighted by atomic mass is 16.2. The van der Waals surface area contributed by atoms with Crippen LogP contribution in [0.25, 0.3) is 16.8 Å². The molecule has 2 atom stereocenters. The molecule has 5 heterocycles. The number of carbonyl (C=O) groups is 2. The molecule has 3 aromatic heterocycles. The highest BCUT2D eigenvalue weighted by Crippen LogP contribution is 2.41. The van der Waals surface area contributed by atoms with Crippen molar-refractivity contribution in [2.75, 3.05) is 17.6 Å². The number of hydrogen-bond donors (Lipinski definition) is 2. The Kier molecular flexibility index (Phi) is 5.61. The summed E-state index contributed by atoms with van der Waals surface area (Å²) in [7, 11) is 0. The molecular weight excluding hydrogens is 490 g/mol. The minimum atomic E-state index is -0.192.